The van der Waals surface area contributed by atoms with Gasteiger partial charge in [-0.15, -0.1) is 0 Å². The second-order valence-corrected chi connectivity index (χ2v) is 16.9. The zero-order valence-corrected chi connectivity index (χ0v) is 36.0. The molecule has 1 aliphatic heterocycles. The highest BCUT2D eigenvalue weighted by Crippen LogP contribution is 2.23. The molecule has 1 fully saturated rings. The van der Waals surface area contributed by atoms with Gasteiger partial charge in [-0.25, -0.2) is 0 Å². The average molecular weight is 786 g/mol. The van der Waals surface area contributed by atoms with Gasteiger partial charge in [0, 0.05) is 6.42 Å². The number of nitrogens with one attached hydrogen (secondary N) is 1. The van der Waals surface area contributed by atoms with E-state index < -0.39 is 49.5 Å². The molecule has 0 bridgehead atoms. The lowest BCUT2D eigenvalue weighted by atomic mass is 9.99. The van der Waals surface area contributed by atoms with Gasteiger partial charge in [0.1, 0.15) is 24.4 Å². The van der Waals surface area contributed by atoms with Crippen molar-refractivity contribution in [2.75, 3.05) is 13.2 Å². The second-order valence-electron chi connectivity index (χ2n) is 16.9. The number of unbranched alkanes of at least 4 members (excludes halogenated alkanes) is 30. The predicted octanol–water partition coefficient (Wildman–Crippen LogP) is 9.95. The van der Waals surface area contributed by atoms with Crippen LogP contribution in [-0.4, -0.2) is 87.5 Å². The Morgan fingerprint density at radius 2 is 0.909 bits per heavy atom. The topological polar surface area (TPSA) is 149 Å². The third-order valence-corrected chi connectivity index (χ3v) is 11.7. The Balaban J connectivity index is 2.18. The molecule has 6 N–H and O–H groups in total. The monoisotopic (exact) mass is 786 g/mol. The molecule has 1 heterocycles. The maximum absolute atomic E-state index is 12.9. The third kappa shape index (κ3) is 28.3. The fourth-order valence-corrected chi connectivity index (χ4v) is 7.87. The lowest BCUT2D eigenvalue weighted by molar-refractivity contribution is -0.302. The zero-order valence-electron chi connectivity index (χ0n) is 36.0. The molecular formula is C46H91NO8. The van der Waals surface area contributed by atoms with Crippen molar-refractivity contribution in [3.05, 3.63) is 0 Å². The van der Waals surface area contributed by atoms with Crippen LogP contribution in [0.4, 0.5) is 0 Å². The molecular weight excluding hydrogens is 695 g/mol. The number of rotatable bonds is 40. The first-order chi connectivity index (χ1) is 26.8. The average Bonchev–Trinajstić information content (AvgIpc) is 3.18. The Kier molecular flexibility index (Phi) is 35.6. The molecule has 0 aromatic carbocycles. The van der Waals surface area contributed by atoms with Crippen LogP contribution in [-0.2, 0) is 14.3 Å². The van der Waals surface area contributed by atoms with Crippen LogP contribution in [0, 0.1) is 0 Å². The molecule has 9 nitrogen and oxygen atoms in total. The van der Waals surface area contributed by atoms with E-state index in [2.05, 4.69) is 19.2 Å². The van der Waals surface area contributed by atoms with Gasteiger partial charge < -0.3 is 40.3 Å². The Morgan fingerprint density at radius 3 is 1.29 bits per heavy atom. The molecule has 1 saturated heterocycles. The summed E-state index contributed by atoms with van der Waals surface area (Å²) in [4.78, 5) is 12.9. The van der Waals surface area contributed by atoms with Crippen molar-refractivity contribution >= 4 is 5.91 Å². The first-order valence-corrected chi connectivity index (χ1v) is 23.7. The standard InChI is InChI=1S/C46H91NO8/c1-3-5-7-9-11-13-14-15-16-17-18-19-20-21-22-23-24-25-26-27-28-29-31-33-35-40(49)39(47-42(50)36-34-32-30-12-10-8-6-4-2)38-54-46-45(53)44(52)43(51)41(37-48)55-46/h39-41,43-46,48-49,51-53H,3-38H2,1-2H3,(H,47,50). The van der Waals surface area contributed by atoms with Crippen molar-refractivity contribution in [1.82, 2.24) is 5.32 Å². The van der Waals surface area contributed by atoms with Gasteiger partial charge in [0.25, 0.3) is 0 Å². The predicted molar refractivity (Wildman–Crippen MR) is 226 cm³/mol. The summed E-state index contributed by atoms with van der Waals surface area (Å²) in [6.07, 6.45) is 34.2. The van der Waals surface area contributed by atoms with Gasteiger partial charge in [0.15, 0.2) is 6.29 Å². The van der Waals surface area contributed by atoms with Crippen LogP contribution in [0.25, 0.3) is 0 Å². The second kappa shape index (κ2) is 37.5. The van der Waals surface area contributed by atoms with Crippen molar-refractivity contribution in [3.63, 3.8) is 0 Å². The largest absolute Gasteiger partial charge is 0.394 e. The number of amides is 1. The van der Waals surface area contributed by atoms with Crippen LogP contribution in [0.2, 0.25) is 0 Å². The fourth-order valence-electron chi connectivity index (χ4n) is 7.87. The molecule has 7 unspecified atom stereocenters. The molecule has 0 spiro atoms. The summed E-state index contributed by atoms with van der Waals surface area (Å²) in [5, 5.41) is 54.2. The van der Waals surface area contributed by atoms with Crippen molar-refractivity contribution in [2.45, 2.75) is 275 Å². The quantitative estimate of drug-likeness (QED) is 0.0337. The Hall–Kier alpha value is -0.810. The molecule has 0 aromatic heterocycles. The zero-order chi connectivity index (χ0) is 40.2. The molecule has 1 amide bonds. The Labute approximate surface area is 338 Å². The first-order valence-electron chi connectivity index (χ1n) is 23.7. The minimum Gasteiger partial charge on any atom is -0.394 e. The van der Waals surface area contributed by atoms with Crippen molar-refractivity contribution in [1.29, 1.82) is 0 Å². The van der Waals surface area contributed by atoms with Crippen molar-refractivity contribution < 1.29 is 39.8 Å². The number of hydrogen-bond acceptors (Lipinski definition) is 8. The molecule has 1 aliphatic rings. The fraction of sp³-hybridized carbons (Fsp3) is 0.978. The van der Waals surface area contributed by atoms with Gasteiger partial charge >= 0.3 is 0 Å². The number of aliphatic hydroxyl groups is 5. The van der Waals surface area contributed by atoms with Crippen LogP contribution in [0.15, 0.2) is 0 Å². The van der Waals surface area contributed by atoms with E-state index in [-0.39, 0.29) is 12.5 Å². The summed E-state index contributed by atoms with van der Waals surface area (Å²) in [5.74, 6) is -0.146. The normalized spacial score (nSPS) is 21.2. The van der Waals surface area contributed by atoms with Crippen LogP contribution < -0.4 is 5.32 Å². The maximum atomic E-state index is 12.9. The van der Waals surface area contributed by atoms with E-state index >= 15 is 0 Å². The number of hydrogen-bond donors (Lipinski definition) is 6. The van der Waals surface area contributed by atoms with Crippen molar-refractivity contribution in [3.8, 4) is 0 Å². The summed E-state index contributed by atoms with van der Waals surface area (Å²) in [7, 11) is 0. The van der Waals surface area contributed by atoms with E-state index in [4.69, 9.17) is 9.47 Å². The van der Waals surface area contributed by atoms with Gasteiger partial charge in [0.05, 0.1) is 25.4 Å². The van der Waals surface area contributed by atoms with E-state index in [1.54, 1.807) is 0 Å². The SMILES string of the molecule is CCCCCCCCCCCCCCCCCCCCCCCCCCC(O)C(COC1OC(CO)C(O)C(O)C1O)NC(=O)CCCCCCCCCC. The first kappa shape index (κ1) is 52.2. The van der Waals surface area contributed by atoms with Gasteiger partial charge in [-0.05, 0) is 12.8 Å². The highest BCUT2D eigenvalue weighted by atomic mass is 16.7. The summed E-state index contributed by atoms with van der Waals surface area (Å²) in [6, 6.07) is -0.710. The van der Waals surface area contributed by atoms with Crippen LogP contribution >= 0.6 is 0 Å². The molecule has 0 radical (unpaired) electrons. The Morgan fingerprint density at radius 1 is 0.545 bits per heavy atom. The van der Waals surface area contributed by atoms with E-state index in [0.717, 1.165) is 38.5 Å². The summed E-state index contributed by atoms with van der Waals surface area (Å²) in [5.41, 5.74) is 0. The molecule has 0 aromatic rings. The van der Waals surface area contributed by atoms with E-state index in [0.29, 0.717) is 12.8 Å². The minimum atomic E-state index is -1.55. The van der Waals surface area contributed by atoms with Crippen molar-refractivity contribution in [2.24, 2.45) is 0 Å². The molecule has 0 aliphatic carbocycles. The van der Waals surface area contributed by atoms with Gasteiger partial charge in [-0.3, -0.25) is 4.79 Å². The van der Waals surface area contributed by atoms with E-state index in [1.165, 1.54) is 167 Å². The highest BCUT2D eigenvalue weighted by Gasteiger charge is 2.44. The summed E-state index contributed by atoms with van der Waals surface area (Å²) in [6.45, 7) is 3.81. The Bertz CT molecular complexity index is 832. The van der Waals surface area contributed by atoms with Gasteiger partial charge in [-0.2, -0.15) is 0 Å². The lowest BCUT2D eigenvalue weighted by Crippen LogP contribution is -2.60. The summed E-state index contributed by atoms with van der Waals surface area (Å²) >= 11 is 0. The number of carbonyl (C=O) groups is 1. The van der Waals surface area contributed by atoms with Crippen LogP contribution in [0.3, 0.4) is 0 Å². The molecule has 7 atom stereocenters. The third-order valence-electron chi connectivity index (χ3n) is 11.7. The minimum absolute atomic E-state index is 0.133. The number of ether oxygens (including phenoxy) is 2. The van der Waals surface area contributed by atoms with Crippen LogP contribution in [0.5, 0.6) is 0 Å². The summed E-state index contributed by atoms with van der Waals surface area (Å²) < 4.78 is 11.2. The number of aliphatic hydroxyl groups excluding tert-OH is 5. The molecule has 55 heavy (non-hydrogen) atoms. The van der Waals surface area contributed by atoms with Gasteiger partial charge in [-0.1, -0.05) is 213 Å². The van der Waals surface area contributed by atoms with Gasteiger partial charge in [0.2, 0.25) is 5.91 Å². The van der Waals surface area contributed by atoms with Crippen LogP contribution in [0.1, 0.15) is 232 Å². The highest BCUT2D eigenvalue weighted by molar-refractivity contribution is 5.76. The number of carbonyl (C=O) groups excluding carboxylic acids is 1. The molecule has 9 heteroatoms. The van der Waals surface area contributed by atoms with E-state index in [1.807, 2.05) is 0 Å². The molecule has 1 rings (SSSR count). The lowest BCUT2D eigenvalue weighted by Gasteiger charge is -2.40. The van der Waals surface area contributed by atoms with E-state index in [9.17, 15) is 30.3 Å². The maximum Gasteiger partial charge on any atom is 0.220 e. The molecule has 328 valence electrons. The molecule has 0 saturated carbocycles. The smallest absolute Gasteiger partial charge is 0.220 e.